The van der Waals surface area contributed by atoms with E-state index in [2.05, 4.69) is 17.6 Å². The van der Waals surface area contributed by atoms with Crippen LogP contribution >= 0.6 is 11.6 Å². The number of ether oxygens (including phenoxy) is 3. The summed E-state index contributed by atoms with van der Waals surface area (Å²) in [5.41, 5.74) is 2.62. The van der Waals surface area contributed by atoms with E-state index in [4.69, 9.17) is 25.8 Å². The molecular formula is C25H29ClN2O5. The summed E-state index contributed by atoms with van der Waals surface area (Å²) in [6.45, 7) is 4.35. The molecule has 0 fully saturated rings. The molecule has 2 N–H and O–H groups in total. The number of benzene rings is 2. The van der Waals surface area contributed by atoms with Crippen molar-refractivity contribution in [2.45, 2.75) is 45.8 Å². The molecule has 2 aromatic carbocycles. The minimum atomic E-state index is -0.673. The van der Waals surface area contributed by atoms with Gasteiger partial charge in [0.2, 0.25) is 0 Å². The van der Waals surface area contributed by atoms with E-state index in [0.717, 1.165) is 18.4 Å². The van der Waals surface area contributed by atoms with Gasteiger partial charge >= 0.3 is 12.0 Å². The maximum Gasteiger partial charge on any atom is 0.338 e. The van der Waals surface area contributed by atoms with E-state index in [1.54, 1.807) is 44.4 Å². The van der Waals surface area contributed by atoms with Gasteiger partial charge in [0.05, 0.1) is 25.3 Å². The number of halogens is 1. The van der Waals surface area contributed by atoms with E-state index >= 15 is 0 Å². The molecule has 0 radical (unpaired) electrons. The Labute approximate surface area is 199 Å². The van der Waals surface area contributed by atoms with Gasteiger partial charge in [-0.05, 0) is 55.2 Å². The van der Waals surface area contributed by atoms with Gasteiger partial charge in [0.25, 0.3) is 0 Å². The number of methoxy groups -OCH3 is 1. The summed E-state index contributed by atoms with van der Waals surface area (Å²) in [6.07, 6.45) is 2.34. The largest absolute Gasteiger partial charge is 0.493 e. The van der Waals surface area contributed by atoms with Gasteiger partial charge in [0.15, 0.2) is 11.5 Å². The second-order valence-electron chi connectivity index (χ2n) is 7.57. The topological polar surface area (TPSA) is 85.9 Å². The molecule has 1 aliphatic rings. The summed E-state index contributed by atoms with van der Waals surface area (Å²) >= 11 is 5.96. The maximum atomic E-state index is 12.9. The molecule has 7 nitrogen and oxygen atoms in total. The molecule has 0 bridgehead atoms. The molecule has 1 atom stereocenters. The Balaban J connectivity index is 1.95. The van der Waals surface area contributed by atoms with Crippen LogP contribution in [0.3, 0.4) is 0 Å². The molecule has 0 aliphatic carbocycles. The molecule has 0 aromatic heterocycles. The van der Waals surface area contributed by atoms with Crippen molar-refractivity contribution in [3.05, 3.63) is 69.9 Å². The molecule has 33 heavy (non-hydrogen) atoms. The number of unbranched alkanes of at least 4 members (excludes halogenated alkanes) is 1. The quantitative estimate of drug-likeness (QED) is 0.459. The van der Waals surface area contributed by atoms with Crippen LogP contribution in [0, 0.1) is 0 Å². The van der Waals surface area contributed by atoms with Gasteiger partial charge in [0.1, 0.15) is 6.61 Å². The molecule has 8 heteroatoms. The number of hydrogen-bond acceptors (Lipinski definition) is 5. The highest BCUT2D eigenvalue weighted by atomic mass is 35.5. The second kappa shape index (κ2) is 11.6. The molecule has 0 saturated heterocycles. The number of hydrogen-bond donors (Lipinski definition) is 2. The molecule has 2 amide bonds. The third-order valence-corrected chi connectivity index (χ3v) is 5.51. The number of urea groups is 1. The first-order valence-electron chi connectivity index (χ1n) is 11.0. The van der Waals surface area contributed by atoms with Crippen molar-refractivity contribution in [1.82, 2.24) is 10.6 Å². The third-order valence-electron chi connectivity index (χ3n) is 5.26. The lowest BCUT2D eigenvalue weighted by atomic mass is 9.93. The van der Waals surface area contributed by atoms with Crippen molar-refractivity contribution < 1.29 is 23.8 Å². The number of allylic oxidation sites excluding steroid dienone is 1. The number of carbonyl (C=O) groups excluding carboxylic acids is 2. The van der Waals surface area contributed by atoms with Crippen LogP contribution in [0.2, 0.25) is 5.02 Å². The first kappa shape index (κ1) is 24.5. The smallest absolute Gasteiger partial charge is 0.338 e. The van der Waals surface area contributed by atoms with E-state index in [9.17, 15) is 9.59 Å². The van der Waals surface area contributed by atoms with Gasteiger partial charge in [-0.1, -0.05) is 43.1 Å². The highest BCUT2D eigenvalue weighted by molar-refractivity contribution is 6.30. The number of esters is 1. The van der Waals surface area contributed by atoms with Crippen molar-refractivity contribution in [3.8, 4) is 11.5 Å². The summed E-state index contributed by atoms with van der Waals surface area (Å²) in [6, 6.07) is 11.7. The highest BCUT2D eigenvalue weighted by Gasteiger charge is 2.33. The number of nitrogens with one attached hydrogen (secondary N) is 2. The number of rotatable bonds is 10. The Morgan fingerprint density at radius 3 is 2.52 bits per heavy atom. The molecule has 1 aliphatic heterocycles. The van der Waals surface area contributed by atoms with Crippen LogP contribution in [0.25, 0.3) is 0 Å². The predicted molar refractivity (Wildman–Crippen MR) is 126 cm³/mol. The lowest BCUT2D eigenvalue weighted by Crippen LogP contribution is -2.46. The van der Waals surface area contributed by atoms with Crippen LogP contribution in [0.15, 0.2) is 53.7 Å². The van der Waals surface area contributed by atoms with Crippen LogP contribution in [0.1, 0.15) is 50.3 Å². The number of carbonyl (C=O) groups is 2. The minimum Gasteiger partial charge on any atom is -0.493 e. The van der Waals surface area contributed by atoms with Gasteiger partial charge in [0, 0.05) is 10.7 Å². The van der Waals surface area contributed by atoms with Gasteiger partial charge in [-0.3, -0.25) is 0 Å². The normalized spacial score (nSPS) is 15.5. The van der Waals surface area contributed by atoms with E-state index in [1.165, 1.54) is 0 Å². The Morgan fingerprint density at radius 2 is 1.85 bits per heavy atom. The lowest BCUT2D eigenvalue weighted by Gasteiger charge is -2.30. The Morgan fingerprint density at radius 1 is 1.09 bits per heavy atom. The van der Waals surface area contributed by atoms with Crippen molar-refractivity contribution in [2.24, 2.45) is 0 Å². The SMILES string of the molecule is CCCCC1=C(C(=O)OCC)C(c2ccc(OC)c(OCc3ccc(Cl)cc3)c2)NC(=O)N1. The lowest BCUT2D eigenvalue weighted by molar-refractivity contribution is -0.139. The zero-order valence-corrected chi connectivity index (χ0v) is 19.8. The minimum absolute atomic E-state index is 0.238. The molecule has 1 heterocycles. The molecule has 1 unspecified atom stereocenters. The van der Waals surface area contributed by atoms with Crippen molar-refractivity contribution in [1.29, 1.82) is 0 Å². The average molecular weight is 473 g/mol. The molecule has 2 aromatic rings. The van der Waals surface area contributed by atoms with Gasteiger partial charge in [-0.15, -0.1) is 0 Å². The third kappa shape index (κ3) is 6.20. The molecule has 3 rings (SSSR count). The standard InChI is InChI=1S/C25H29ClN2O5/c1-4-6-7-19-22(24(29)32-5-2)23(28-25(30)27-19)17-10-13-20(31-3)21(14-17)33-15-16-8-11-18(26)12-9-16/h8-14,23H,4-7,15H2,1-3H3,(H2,27,28,30). The Kier molecular flexibility index (Phi) is 8.60. The van der Waals surface area contributed by atoms with Gasteiger partial charge in [-0.25, -0.2) is 9.59 Å². The number of amides is 2. The van der Waals surface area contributed by atoms with Crippen molar-refractivity contribution in [3.63, 3.8) is 0 Å². The van der Waals surface area contributed by atoms with Crippen LogP contribution in [-0.4, -0.2) is 25.7 Å². The molecular weight excluding hydrogens is 444 g/mol. The van der Waals surface area contributed by atoms with Crippen molar-refractivity contribution >= 4 is 23.6 Å². The van der Waals surface area contributed by atoms with Crippen LogP contribution < -0.4 is 20.1 Å². The van der Waals surface area contributed by atoms with Gasteiger partial charge < -0.3 is 24.8 Å². The molecule has 0 saturated carbocycles. The maximum absolute atomic E-state index is 12.9. The second-order valence-corrected chi connectivity index (χ2v) is 8.01. The molecule has 0 spiro atoms. The molecule has 176 valence electrons. The highest BCUT2D eigenvalue weighted by Crippen LogP contribution is 2.35. The zero-order valence-electron chi connectivity index (χ0n) is 19.1. The summed E-state index contributed by atoms with van der Waals surface area (Å²) in [7, 11) is 1.56. The van der Waals surface area contributed by atoms with E-state index in [1.807, 2.05) is 12.1 Å². The van der Waals surface area contributed by atoms with E-state index < -0.39 is 12.0 Å². The van der Waals surface area contributed by atoms with Crippen molar-refractivity contribution in [2.75, 3.05) is 13.7 Å². The van der Waals surface area contributed by atoms with Crippen LogP contribution in [-0.2, 0) is 16.1 Å². The fraction of sp³-hybridized carbons (Fsp3) is 0.360. The first-order chi connectivity index (χ1) is 16.0. The van der Waals surface area contributed by atoms with Gasteiger partial charge in [-0.2, -0.15) is 0 Å². The van der Waals surface area contributed by atoms with Crippen LogP contribution in [0.4, 0.5) is 4.79 Å². The Bertz CT molecular complexity index is 1020. The summed E-state index contributed by atoms with van der Waals surface area (Å²) in [5, 5.41) is 6.29. The summed E-state index contributed by atoms with van der Waals surface area (Å²) in [5.74, 6) is 0.581. The fourth-order valence-corrected chi connectivity index (χ4v) is 3.72. The Hall–Kier alpha value is -3.19. The average Bonchev–Trinajstić information content (AvgIpc) is 2.81. The summed E-state index contributed by atoms with van der Waals surface area (Å²) < 4.78 is 16.8. The zero-order chi connectivity index (χ0) is 23.8. The van der Waals surface area contributed by atoms with E-state index in [0.29, 0.717) is 46.4 Å². The van der Waals surface area contributed by atoms with Crippen LogP contribution in [0.5, 0.6) is 11.5 Å². The monoisotopic (exact) mass is 472 g/mol. The van der Waals surface area contributed by atoms with E-state index in [-0.39, 0.29) is 12.6 Å². The fourth-order valence-electron chi connectivity index (χ4n) is 3.60. The summed E-state index contributed by atoms with van der Waals surface area (Å²) in [4.78, 5) is 25.3. The predicted octanol–water partition coefficient (Wildman–Crippen LogP) is 5.29. The first-order valence-corrected chi connectivity index (χ1v) is 11.4.